The van der Waals surface area contributed by atoms with Crippen molar-refractivity contribution in [2.45, 2.75) is 19.8 Å². The zero-order chi connectivity index (χ0) is 14.3. The van der Waals surface area contributed by atoms with E-state index >= 15 is 0 Å². The van der Waals surface area contributed by atoms with Gasteiger partial charge in [-0.2, -0.15) is 5.26 Å². The minimum absolute atomic E-state index is 0.0112. The SMILES string of the molecule is CC(C)C1c2c(n[nH]c2-c2cccs2)OC(=N)C1C#N. The van der Waals surface area contributed by atoms with Crippen LogP contribution in [0.1, 0.15) is 25.3 Å². The largest absolute Gasteiger partial charge is 0.422 e. The highest BCUT2D eigenvalue weighted by Crippen LogP contribution is 2.46. The van der Waals surface area contributed by atoms with Crippen LogP contribution in [0.3, 0.4) is 0 Å². The van der Waals surface area contributed by atoms with Gasteiger partial charge in [-0.15, -0.1) is 16.4 Å². The second-order valence-electron chi connectivity index (χ2n) is 5.14. The van der Waals surface area contributed by atoms with Crippen molar-refractivity contribution in [3.8, 4) is 22.5 Å². The molecule has 2 atom stereocenters. The van der Waals surface area contributed by atoms with Gasteiger partial charge >= 0.3 is 0 Å². The van der Waals surface area contributed by atoms with Gasteiger partial charge in [0.05, 0.1) is 16.6 Å². The summed E-state index contributed by atoms with van der Waals surface area (Å²) >= 11 is 1.61. The summed E-state index contributed by atoms with van der Waals surface area (Å²) in [5, 5.41) is 26.4. The highest BCUT2D eigenvalue weighted by molar-refractivity contribution is 7.13. The zero-order valence-corrected chi connectivity index (χ0v) is 12.0. The Balaban J connectivity index is 2.19. The van der Waals surface area contributed by atoms with Crippen molar-refractivity contribution in [1.82, 2.24) is 10.2 Å². The van der Waals surface area contributed by atoms with Gasteiger partial charge in [-0.3, -0.25) is 10.5 Å². The van der Waals surface area contributed by atoms with Gasteiger partial charge in [0.2, 0.25) is 11.8 Å². The molecule has 2 N–H and O–H groups in total. The van der Waals surface area contributed by atoms with Crippen LogP contribution in [0.5, 0.6) is 5.88 Å². The van der Waals surface area contributed by atoms with Gasteiger partial charge in [0.15, 0.2) is 0 Å². The Kier molecular flexibility index (Phi) is 3.07. The van der Waals surface area contributed by atoms with Gasteiger partial charge in [-0.05, 0) is 17.4 Å². The van der Waals surface area contributed by atoms with Gasteiger partial charge in [0, 0.05) is 11.5 Å². The molecule has 0 fully saturated rings. The molecular formula is C14H14N4OS. The summed E-state index contributed by atoms with van der Waals surface area (Å²) in [4.78, 5) is 1.07. The van der Waals surface area contributed by atoms with E-state index in [0.717, 1.165) is 16.1 Å². The van der Waals surface area contributed by atoms with E-state index in [1.54, 1.807) is 11.3 Å². The highest BCUT2D eigenvalue weighted by Gasteiger charge is 2.41. The summed E-state index contributed by atoms with van der Waals surface area (Å²) < 4.78 is 5.42. The molecular weight excluding hydrogens is 272 g/mol. The monoisotopic (exact) mass is 286 g/mol. The third-order valence-corrected chi connectivity index (χ3v) is 4.46. The number of aromatic amines is 1. The maximum Gasteiger partial charge on any atom is 0.243 e. The first-order chi connectivity index (χ1) is 9.63. The molecule has 3 rings (SSSR count). The number of ether oxygens (including phenoxy) is 1. The number of rotatable bonds is 2. The Morgan fingerprint density at radius 2 is 2.35 bits per heavy atom. The summed E-state index contributed by atoms with van der Waals surface area (Å²) in [5.41, 5.74) is 1.83. The number of aromatic nitrogens is 2. The van der Waals surface area contributed by atoms with Crippen LogP contribution >= 0.6 is 11.3 Å². The first-order valence-electron chi connectivity index (χ1n) is 6.41. The summed E-state index contributed by atoms with van der Waals surface area (Å²) in [6, 6.07) is 6.19. The number of hydrogen-bond donors (Lipinski definition) is 2. The molecule has 2 aromatic heterocycles. The molecule has 0 aromatic carbocycles. The Hall–Kier alpha value is -2.13. The van der Waals surface area contributed by atoms with E-state index in [4.69, 9.17) is 10.1 Å². The molecule has 3 heterocycles. The molecule has 102 valence electrons. The fraction of sp³-hybridized carbons (Fsp3) is 0.357. The lowest BCUT2D eigenvalue weighted by molar-refractivity contribution is 0.366. The molecule has 0 amide bonds. The maximum absolute atomic E-state index is 9.37. The van der Waals surface area contributed by atoms with E-state index in [0.29, 0.717) is 5.88 Å². The van der Waals surface area contributed by atoms with E-state index in [1.165, 1.54) is 0 Å². The molecule has 5 nitrogen and oxygen atoms in total. The number of H-pyrrole nitrogens is 1. The Labute approximate surface area is 120 Å². The molecule has 0 spiro atoms. The van der Waals surface area contributed by atoms with E-state index in [-0.39, 0.29) is 17.7 Å². The molecule has 2 unspecified atom stereocenters. The third kappa shape index (κ3) is 1.82. The second kappa shape index (κ2) is 4.76. The van der Waals surface area contributed by atoms with Crippen molar-refractivity contribution in [3.63, 3.8) is 0 Å². The average Bonchev–Trinajstić information content (AvgIpc) is 3.04. The van der Waals surface area contributed by atoms with Crippen LogP contribution < -0.4 is 4.74 Å². The lowest BCUT2D eigenvalue weighted by Gasteiger charge is -2.30. The predicted molar refractivity (Wildman–Crippen MR) is 76.9 cm³/mol. The molecule has 6 heteroatoms. The van der Waals surface area contributed by atoms with Crippen LogP contribution in [-0.2, 0) is 0 Å². The van der Waals surface area contributed by atoms with Gasteiger partial charge in [-0.1, -0.05) is 19.9 Å². The topological polar surface area (TPSA) is 85.5 Å². The summed E-state index contributed by atoms with van der Waals surface area (Å²) in [6.07, 6.45) is 0. The summed E-state index contributed by atoms with van der Waals surface area (Å²) in [7, 11) is 0. The van der Waals surface area contributed by atoms with Crippen molar-refractivity contribution in [2.24, 2.45) is 11.8 Å². The molecule has 20 heavy (non-hydrogen) atoms. The molecule has 0 saturated heterocycles. The van der Waals surface area contributed by atoms with Crippen LogP contribution in [0.2, 0.25) is 0 Å². The Morgan fingerprint density at radius 1 is 1.55 bits per heavy atom. The molecule has 0 aliphatic carbocycles. The minimum atomic E-state index is -0.557. The zero-order valence-electron chi connectivity index (χ0n) is 11.2. The van der Waals surface area contributed by atoms with Crippen LogP contribution in [0, 0.1) is 28.6 Å². The van der Waals surface area contributed by atoms with Gasteiger partial charge < -0.3 is 4.74 Å². The van der Waals surface area contributed by atoms with E-state index in [9.17, 15) is 5.26 Å². The fourth-order valence-electron chi connectivity index (χ4n) is 2.68. The molecule has 1 aliphatic rings. The number of thiophene rings is 1. The summed E-state index contributed by atoms with van der Waals surface area (Å²) in [5.74, 6) is 0.0106. The van der Waals surface area contributed by atoms with E-state index < -0.39 is 5.92 Å². The Bertz CT molecular complexity index is 681. The normalized spacial score (nSPS) is 21.4. The van der Waals surface area contributed by atoms with Crippen LogP contribution in [0.25, 0.3) is 10.6 Å². The number of fused-ring (bicyclic) bond motifs is 1. The van der Waals surface area contributed by atoms with Gasteiger partial charge in [0.1, 0.15) is 5.92 Å². The maximum atomic E-state index is 9.37. The lowest BCUT2D eigenvalue weighted by Crippen LogP contribution is -2.32. The van der Waals surface area contributed by atoms with E-state index in [2.05, 4.69) is 30.1 Å². The molecule has 0 radical (unpaired) electrons. The molecule has 2 aromatic rings. The predicted octanol–water partition coefficient (Wildman–Crippen LogP) is 3.39. The van der Waals surface area contributed by atoms with E-state index in [1.807, 2.05) is 17.5 Å². The molecule has 1 aliphatic heterocycles. The number of nitriles is 1. The Morgan fingerprint density at radius 3 is 2.95 bits per heavy atom. The van der Waals surface area contributed by atoms with Crippen molar-refractivity contribution in [3.05, 3.63) is 23.1 Å². The number of nitrogens with zero attached hydrogens (tertiary/aromatic N) is 2. The quantitative estimate of drug-likeness (QED) is 0.887. The lowest BCUT2D eigenvalue weighted by atomic mass is 9.77. The molecule has 0 bridgehead atoms. The van der Waals surface area contributed by atoms with Gasteiger partial charge in [0.25, 0.3) is 0 Å². The first-order valence-corrected chi connectivity index (χ1v) is 7.29. The molecule has 0 saturated carbocycles. The van der Waals surface area contributed by atoms with Crippen LogP contribution in [0.4, 0.5) is 0 Å². The van der Waals surface area contributed by atoms with Crippen molar-refractivity contribution in [1.29, 1.82) is 10.7 Å². The van der Waals surface area contributed by atoms with Crippen molar-refractivity contribution >= 4 is 17.2 Å². The van der Waals surface area contributed by atoms with Crippen LogP contribution in [0.15, 0.2) is 17.5 Å². The summed E-state index contributed by atoms with van der Waals surface area (Å²) in [6.45, 7) is 4.12. The average molecular weight is 286 g/mol. The number of nitrogens with one attached hydrogen (secondary N) is 2. The second-order valence-corrected chi connectivity index (χ2v) is 6.09. The third-order valence-electron chi connectivity index (χ3n) is 3.58. The fourth-order valence-corrected chi connectivity index (χ4v) is 3.42. The minimum Gasteiger partial charge on any atom is -0.422 e. The standard InChI is InChI=1S/C14H14N4OS/c1-7(2)10-8(6-15)13(16)19-14-11(10)12(17-18-14)9-4-3-5-20-9/h3-5,7-8,10,16H,1-2H3,(H,17,18). The number of hydrogen-bond acceptors (Lipinski definition) is 5. The van der Waals surface area contributed by atoms with Gasteiger partial charge in [-0.25, -0.2) is 0 Å². The van der Waals surface area contributed by atoms with Crippen LogP contribution in [-0.4, -0.2) is 16.1 Å². The smallest absolute Gasteiger partial charge is 0.243 e. The first kappa shape index (κ1) is 12.9. The highest BCUT2D eigenvalue weighted by atomic mass is 32.1. The van der Waals surface area contributed by atoms with Crippen molar-refractivity contribution < 1.29 is 4.74 Å². The van der Waals surface area contributed by atoms with Crippen molar-refractivity contribution in [2.75, 3.05) is 0 Å².